The monoisotopic (exact) mass is 273 g/mol. The van der Waals surface area contributed by atoms with E-state index in [1.807, 2.05) is 0 Å². The lowest BCUT2D eigenvalue weighted by Crippen LogP contribution is -2.32. The summed E-state index contributed by atoms with van der Waals surface area (Å²) < 4.78 is 0. The van der Waals surface area contributed by atoms with Gasteiger partial charge in [-0.25, -0.2) is 0 Å². The van der Waals surface area contributed by atoms with Gasteiger partial charge >= 0.3 is 0 Å². The minimum Gasteiger partial charge on any atom is -0.324 e. The molecule has 1 nitrogen and oxygen atoms in total. The van der Waals surface area contributed by atoms with Crippen molar-refractivity contribution in [3.63, 3.8) is 0 Å². The van der Waals surface area contributed by atoms with Crippen LogP contribution in [0.1, 0.15) is 71.1 Å². The van der Waals surface area contributed by atoms with Gasteiger partial charge in [0.2, 0.25) is 0 Å². The maximum atomic E-state index is 6.10. The third-order valence-electron chi connectivity index (χ3n) is 6.67. The fourth-order valence-electron chi connectivity index (χ4n) is 4.79. The third kappa shape index (κ3) is 2.84. The molecule has 0 aromatic carbocycles. The predicted octanol–water partition coefficient (Wildman–Crippen LogP) is 4.67. The molecule has 0 spiro atoms. The van der Waals surface area contributed by atoms with Crippen LogP contribution in [-0.4, -0.2) is 6.04 Å². The zero-order valence-corrected chi connectivity index (χ0v) is 13.1. The average Bonchev–Trinajstić information content (AvgIpc) is 3.22. The van der Waals surface area contributed by atoms with E-state index in [1.54, 1.807) is 43.3 Å². The molecule has 0 aliphatic heterocycles. The van der Waals surface area contributed by atoms with E-state index in [0.29, 0.717) is 6.04 Å². The molecule has 2 N–H and O–H groups in total. The summed E-state index contributed by atoms with van der Waals surface area (Å²) in [6.07, 6.45) is 14.8. The first kappa shape index (κ1) is 13.4. The van der Waals surface area contributed by atoms with Crippen molar-refractivity contribution >= 4 is 0 Å². The lowest BCUT2D eigenvalue weighted by atomic mass is 9.81. The highest BCUT2D eigenvalue weighted by molar-refractivity contribution is 5.30. The van der Waals surface area contributed by atoms with Crippen molar-refractivity contribution in [1.29, 1.82) is 0 Å². The van der Waals surface area contributed by atoms with Gasteiger partial charge in [-0.2, -0.15) is 0 Å². The Balaban J connectivity index is 1.24. The van der Waals surface area contributed by atoms with Crippen LogP contribution in [0.4, 0.5) is 0 Å². The van der Waals surface area contributed by atoms with E-state index >= 15 is 0 Å². The van der Waals surface area contributed by atoms with Crippen LogP contribution in [0.3, 0.4) is 0 Å². The second kappa shape index (κ2) is 5.16. The zero-order valence-electron chi connectivity index (χ0n) is 13.1. The molecule has 0 aromatic rings. The molecule has 0 radical (unpaired) electrons. The fourth-order valence-corrected chi connectivity index (χ4v) is 4.79. The molecule has 112 valence electrons. The summed E-state index contributed by atoms with van der Waals surface area (Å²) in [4.78, 5) is 0. The Morgan fingerprint density at radius 2 is 1.95 bits per heavy atom. The van der Waals surface area contributed by atoms with E-state index in [0.717, 1.165) is 36.0 Å². The average molecular weight is 273 g/mol. The van der Waals surface area contributed by atoms with Gasteiger partial charge in [-0.3, -0.25) is 0 Å². The molecule has 0 heterocycles. The van der Waals surface area contributed by atoms with Crippen molar-refractivity contribution < 1.29 is 0 Å². The molecule has 4 aliphatic carbocycles. The first-order valence-corrected chi connectivity index (χ1v) is 9.16. The Hall–Kier alpha value is -0.300. The standard InChI is InChI=1S/C19H31N/c1-12-10-19(20)16(12)9-7-15-11-18(15)17(14-5-6-14)8-4-13-2-3-13/h13-15,17-19H,2-11,20H2,1H3. The molecule has 1 heteroatoms. The van der Waals surface area contributed by atoms with Crippen LogP contribution in [0.5, 0.6) is 0 Å². The molecule has 4 rings (SSSR count). The first-order chi connectivity index (χ1) is 9.72. The second-order valence-electron chi connectivity index (χ2n) is 8.34. The van der Waals surface area contributed by atoms with Gasteiger partial charge in [-0.15, -0.1) is 0 Å². The molecular formula is C19H31N. The SMILES string of the molecule is CC1=C(CCC2CC2C(CCC2CC2)C2CC2)C(N)C1. The Morgan fingerprint density at radius 3 is 2.55 bits per heavy atom. The van der Waals surface area contributed by atoms with Crippen molar-refractivity contribution in [2.45, 2.75) is 77.2 Å². The normalized spacial score (nSPS) is 37.8. The summed E-state index contributed by atoms with van der Waals surface area (Å²) >= 11 is 0. The van der Waals surface area contributed by atoms with E-state index in [-0.39, 0.29) is 0 Å². The van der Waals surface area contributed by atoms with Gasteiger partial charge in [0.05, 0.1) is 0 Å². The van der Waals surface area contributed by atoms with Crippen LogP contribution in [0.2, 0.25) is 0 Å². The lowest BCUT2D eigenvalue weighted by molar-refractivity contribution is 0.337. The molecule has 0 saturated heterocycles. The largest absolute Gasteiger partial charge is 0.324 e. The number of rotatable bonds is 8. The molecule has 3 saturated carbocycles. The molecule has 20 heavy (non-hydrogen) atoms. The summed E-state index contributed by atoms with van der Waals surface area (Å²) in [5.41, 5.74) is 9.31. The topological polar surface area (TPSA) is 26.0 Å². The Labute approximate surface area is 124 Å². The van der Waals surface area contributed by atoms with Crippen molar-refractivity contribution in [1.82, 2.24) is 0 Å². The first-order valence-electron chi connectivity index (χ1n) is 9.16. The summed E-state index contributed by atoms with van der Waals surface area (Å²) in [5, 5.41) is 0. The fraction of sp³-hybridized carbons (Fsp3) is 0.895. The van der Waals surface area contributed by atoms with Crippen LogP contribution >= 0.6 is 0 Å². The second-order valence-corrected chi connectivity index (χ2v) is 8.34. The number of hydrogen-bond acceptors (Lipinski definition) is 1. The highest BCUT2D eigenvalue weighted by Crippen LogP contribution is 2.57. The minimum atomic E-state index is 0.418. The summed E-state index contributed by atoms with van der Waals surface area (Å²) in [7, 11) is 0. The van der Waals surface area contributed by atoms with Gasteiger partial charge in [-0.05, 0) is 81.5 Å². The highest BCUT2D eigenvalue weighted by atomic mass is 14.7. The molecule has 0 bridgehead atoms. The van der Waals surface area contributed by atoms with Crippen LogP contribution in [-0.2, 0) is 0 Å². The third-order valence-corrected chi connectivity index (χ3v) is 6.67. The highest BCUT2D eigenvalue weighted by Gasteiger charge is 2.48. The lowest BCUT2D eigenvalue weighted by Gasteiger charge is -2.29. The van der Waals surface area contributed by atoms with Crippen molar-refractivity contribution in [2.75, 3.05) is 0 Å². The van der Waals surface area contributed by atoms with Crippen LogP contribution < -0.4 is 5.73 Å². The zero-order chi connectivity index (χ0) is 13.7. The molecular weight excluding hydrogens is 242 g/mol. The van der Waals surface area contributed by atoms with Crippen LogP contribution in [0.15, 0.2) is 11.1 Å². The maximum Gasteiger partial charge on any atom is 0.0293 e. The predicted molar refractivity (Wildman–Crippen MR) is 84.3 cm³/mol. The van der Waals surface area contributed by atoms with Crippen molar-refractivity contribution in [3.05, 3.63) is 11.1 Å². The van der Waals surface area contributed by atoms with Crippen molar-refractivity contribution in [3.8, 4) is 0 Å². The van der Waals surface area contributed by atoms with E-state index in [4.69, 9.17) is 5.73 Å². The van der Waals surface area contributed by atoms with Gasteiger partial charge in [0, 0.05) is 6.04 Å². The molecule has 4 atom stereocenters. The summed E-state index contributed by atoms with van der Waals surface area (Å²) in [6.45, 7) is 2.28. The van der Waals surface area contributed by atoms with E-state index in [2.05, 4.69) is 6.92 Å². The molecule has 4 aliphatic rings. The smallest absolute Gasteiger partial charge is 0.0293 e. The van der Waals surface area contributed by atoms with Gasteiger partial charge < -0.3 is 5.73 Å². The minimum absolute atomic E-state index is 0.418. The quantitative estimate of drug-likeness (QED) is 0.639. The Bertz CT molecular complexity index is 402. The molecule has 0 amide bonds. The molecule has 4 unspecified atom stereocenters. The van der Waals surface area contributed by atoms with E-state index < -0.39 is 0 Å². The van der Waals surface area contributed by atoms with Crippen molar-refractivity contribution in [2.24, 2.45) is 35.3 Å². The van der Waals surface area contributed by atoms with Crippen LogP contribution in [0.25, 0.3) is 0 Å². The Kier molecular flexibility index (Phi) is 3.45. The number of hydrogen-bond donors (Lipinski definition) is 1. The van der Waals surface area contributed by atoms with E-state index in [1.165, 1.54) is 25.7 Å². The Morgan fingerprint density at radius 1 is 1.15 bits per heavy atom. The van der Waals surface area contributed by atoms with Gasteiger partial charge in [0.15, 0.2) is 0 Å². The van der Waals surface area contributed by atoms with Gasteiger partial charge in [0.25, 0.3) is 0 Å². The number of nitrogens with two attached hydrogens (primary N) is 1. The summed E-state index contributed by atoms with van der Waals surface area (Å²) in [5.74, 6) is 5.56. The maximum absolute atomic E-state index is 6.10. The van der Waals surface area contributed by atoms with Crippen LogP contribution in [0, 0.1) is 29.6 Å². The summed E-state index contributed by atoms with van der Waals surface area (Å²) in [6, 6.07) is 0.418. The van der Waals surface area contributed by atoms with E-state index in [9.17, 15) is 0 Å². The molecule has 0 aromatic heterocycles. The van der Waals surface area contributed by atoms with Gasteiger partial charge in [0.1, 0.15) is 0 Å². The van der Waals surface area contributed by atoms with Gasteiger partial charge in [-0.1, -0.05) is 30.4 Å². The molecule has 3 fully saturated rings.